The van der Waals surface area contributed by atoms with Crippen LogP contribution in [-0.2, 0) is 30.1 Å². The lowest BCUT2D eigenvalue weighted by atomic mass is 9.80. The molecular weight excluding hydrogens is 422 g/mol. The number of fused-ring (bicyclic) bond motifs is 2. The lowest BCUT2D eigenvalue weighted by Gasteiger charge is -2.36. The molecule has 5 rings (SSSR count). The summed E-state index contributed by atoms with van der Waals surface area (Å²) in [4.78, 5) is 20.6. The zero-order valence-electron chi connectivity index (χ0n) is 17.4. The fourth-order valence-electron chi connectivity index (χ4n) is 4.63. The molecule has 0 spiro atoms. The summed E-state index contributed by atoms with van der Waals surface area (Å²) < 4.78 is 27.9. The molecule has 6 nitrogen and oxygen atoms in total. The van der Waals surface area contributed by atoms with Crippen LogP contribution in [0.25, 0.3) is 0 Å². The molecule has 3 N–H and O–H groups in total. The third-order valence-electron chi connectivity index (χ3n) is 6.58. The van der Waals surface area contributed by atoms with E-state index in [-0.39, 0.29) is 17.9 Å². The summed E-state index contributed by atoms with van der Waals surface area (Å²) in [6.07, 6.45) is 3.62. The minimum Gasteiger partial charge on any atom is -0.388 e. The number of hydrogen-bond donors (Lipinski definition) is 3. The number of benzene rings is 1. The van der Waals surface area contributed by atoms with Gasteiger partial charge in [-0.1, -0.05) is 23.5 Å². The second kappa shape index (κ2) is 7.41. The topological polar surface area (TPSA) is 77.5 Å². The summed E-state index contributed by atoms with van der Waals surface area (Å²) >= 11 is 1.52. The summed E-state index contributed by atoms with van der Waals surface area (Å²) in [5.41, 5.74) is 1.51. The van der Waals surface area contributed by atoms with E-state index in [4.69, 9.17) is 0 Å². The van der Waals surface area contributed by atoms with Crippen LogP contribution in [0.5, 0.6) is 0 Å². The van der Waals surface area contributed by atoms with Crippen LogP contribution in [0.3, 0.4) is 0 Å². The molecule has 1 atom stereocenters. The lowest BCUT2D eigenvalue weighted by molar-refractivity contribution is -0.132. The zero-order valence-corrected chi connectivity index (χ0v) is 18.2. The SMILES string of the molecule is CC(F)(F)c1cccc2c1CC(C(=O)N1CCc3nc(NCC4(O)CCC4)sc3C1)N2. The van der Waals surface area contributed by atoms with Gasteiger partial charge in [-0.05, 0) is 30.9 Å². The molecule has 1 aromatic heterocycles. The van der Waals surface area contributed by atoms with E-state index < -0.39 is 17.6 Å². The van der Waals surface area contributed by atoms with E-state index in [1.807, 2.05) is 0 Å². The van der Waals surface area contributed by atoms with Gasteiger partial charge in [-0.2, -0.15) is 0 Å². The van der Waals surface area contributed by atoms with Crippen molar-refractivity contribution in [2.45, 2.75) is 63.1 Å². The first-order chi connectivity index (χ1) is 14.7. The average molecular weight is 449 g/mol. The molecule has 9 heteroatoms. The van der Waals surface area contributed by atoms with E-state index >= 15 is 0 Å². The van der Waals surface area contributed by atoms with E-state index in [2.05, 4.69) is 15.6 Å². The van der Waals surface area contributed by atoms with Crippen LogP contribution in [0.15, 0.2) is 18.2 Å². The fraction of sp³-hybridized carbons (Fsp3) is 0.545. The van der Waals surface area contributed by atoms with E-state index in [1.165, 1.54) is 17.4 Å². The molecule has 1 fully saturated rings. The Hall–Kier alpha value is -2.26. The summed E-state index contributed by atoms with van der Waals surface area (Å²) in [5.74, 6) is -3.01. The molecule has 3 aliphatic rings. The fourth-order valence-corrected chi connectivity index (χ4v) is 5.65. The standard InChI is InChI=1S/C22H26F2N4O2S/c1-21(23,24)14-4-2-5-15-13(14)10-17(26-15)19(29)28-9-6-16-18(11-28)31-20(27-16)25-12-22(30)7-3-8-22/h2,4-5,17,26,30H,3,6-12H2,1H3,(H,25,27). The molecule has 3 heterocycles. The highest BCUT2D eigenvalue weighted by atomic mass is 32.1. The molecule has 1 unspecified atom stereocenters. The first kappa shape index (κ1) is 20.6. The Morgan fingerprint density at radius 3 is 2.97 bits per heavy atom. The van der Waals surface area contributed by atoms with Gasteiger partial charge in [-0.3, -0.25) is 4.79 Å². The van der Waals surface area contributed by atoms with E-state index in [0.29, 0.717) is 37.3 Å². The van der Waals surface area contributed by atoms with Crippen molar-refractivity contribution in [3.05, 3.63) is 39.9 Å². The van der Waals surface area contributed by atoms with Crippen molar-refractivity contribution in [1.82, 2.24) is 9.88 Å². The molecule has 2 aromatic rings. The van der Waals surface area contributed by atoms with Gasteiger partial charge in [0.25, 0.3) is 5.92 Å². The first-order valence-corrected chi connectivity index (χ1v) is 11.5. The molecular formula is C22H26F2N4O2S. The summed E-state index contributed by atoms with van der Waals surface area (Å²) in [5, 5.41) is 17.4. The number of rotatable bonds is 5. The zero-order chi connectivity index (χ0) is 21.8. The molecule has 1 saturated carbocycles. The Balaban J connectivity index is 1.25. The van der Waals surface area contributed by atoms with Gasteiger partial charge in [0.1, 0.15) is 6.04 Å². The highest BCUT2D eigenvalue weighted by Gasteiger charge is 2.38. The number of hydrogen-bond acceptors (Lipinski definition) is 6. The van der Waals surface area contributed by atoms with Crippen molar-refractivity contribution in [2.24, 2.45) is 0 Å². The van der Waals surface area contributed by atoms with Crippen molar-refractivity contribution in [2.75, 3.05) is 23.7 Å². The van der Waals surface area contributed by atoms with Gasteiger partial charge in [-0.25, -0.2) is 13.8 Å². The van der Waals surface area contributed by atoms with Crippen LogP contribution in [-0.4, -0.2) is 45.6 Å². The van der Waals surface area contributed by atoms with Crippen molar-refractivity contribution >= 4 is 28.1 Å². The predicted octanol–water partition coefficient (Wildman–Crippen LogP) is 3.50. The highest BCUT2D eigenvalue weighted by molar-refractivity contribution is 7.15. The van der Waals surface area contributed by atoms with Crippen LogP contribution in [0, 0.1) is 0 Å². The highest BCUT2D eigenvalue weighted by Crippen LogP contribution is 2.38. The number of anilines is 2. The van der Waals surface area contributed by atoms with Crippen LogP contribution in [0.1, 0.15) is 47.9 Å². The van der Waals surface area contributed by atoms with Gasteiger partial charge in [0.15, 0.2) is 5.13 Å². The third-order valence-corrected chi connectivity index (χ3v) is 7.62. The average Bonchev–Trinajstić information content (AvgIpc) is 3.32. The van der Waals surface area contributed by atoms with Crippen molar-refractivity contribution < 1.29 is 18.7 Å². The molecule has 0 radical (unpaired) electrons. The van der Waals surface area contributed by atoms with Crippen LogP contribution in [0.4, 0.5) is 19.6 Å². The number of carbonyl (C=O) groups is 1. The Morgan fingerprint density at radius 2 is 2.26 bits per heavy atom. The van der Waals surface area contributed by atoms with Gasteiger partial charge >= 0.3 is 0 Å². The maximum Gasteiger partial charge on any atom is 0.270 e. The molecule has 2 aliphatic heterocycles. The number of aromatic nitrogens is 1. The molecule has 0 bridgehead atoms. The van der Waals surface area contributed by atoms with Gasteiger partial charge in [0.2, 0.25) is 5.91 Å². The Labute approximate surface area is 183 Å². The maximum absolute atomic E-state index is 14.0. The normalized spacial score (nSPS) is 21.7. The largest absolute Gasteiger partial charge is 0.388 e. The van der Waals surface area contributed by atoms with E-state index in [9.17, 15) is 18.7 Å². The van der Waals surface area contributed by atoms with E-state index in [0.717, 1.165) is 41.9 Å². The van der Waals surface area contributed by atoms with Crippen molar-refractivity contribution in [3.63, 3.8) is 0 Å². The number of thiazole rings is 1. The molecule has 1 aromatic carbocycles. The van der Waals surface area contributed by atoms with Crippen LogP contribution < -0.4 is 10.6 Å². The number of aliphatic hydroxyl groups is 1. The summed E-state index contributed by atoms with van der Waals surface area (Å²) in [6.45, 7) is 2.42. The number of carbonyl (C=O) groups excluding carboxylic acids is 1. The molecule has 1 amide bonds. The predicted molar refractivity (Wildman–Crippen MR) is 116 cm³/mol. The van der Waals surface area contributed by atoms with Gasteiger partial charge < -0.3 is 20.6 Å². The Morgan fingerprint density at radius 1 is 1.45 bits per heavy atom. The van der Waals surface area contributed by atoms with Gasteiger partial charge in [0, 0.05) is 49.0 Å². The number of amides is 1. The minimum absolute atomic E-state index is 0.0139. The monoisotopic (exact) mass is 448 g/mol. The summed E-state index contributed by atoms with van der Waals surface area (Å²) in [7, 11) is 0. The van der Waals surface area contributed by atoms with E-state index in [1.54, 1.807) is 17.0 Å². The van der Waals surface area contributed by atoms with Crippen LogP contribution in [0.2, 0.25) is 0 Å². The van der Waals surface area contributed by atoms with Gasteiger partial charge in [-0.15, -0.1) is 0 Å². The Bertz CT molecular complexity index is 1020. The number of halogens is 2. The lowest BCUT2D eigenvalue weighted by Crippen LogP contribution is -2.44. The van der Waals surface area contributed by atoms with Gasteiger partial charge in [0.05, 0.1) is 17.8 Å². The number of alkyl halides is 2. The molecule has 1 aliphatic carbocycles. The summed E-state index contributed by atoms with van der Waals surface area (Å²) in [6, 6.07) is 4.26. The molecule has 31 heavy (non-hydrogen) atoms. The van der Waals surface area contributed by atoms with Crippen molar-refractivity contribution in [1.29, 1.82) is 0 Å². The van der Waals surface area contributed by atoms with Crippen molar-refractivity contribution in [3.8, 4) is 0 Å². The molecule has 0 saturated heterocycles. The minimum atomic E-state index is -2.94. The third kappa shape index (κ3) is 3.89. The first-order valence-electron chi connectivity index (χ1n) is 10.7. The number of nitrogens with zero attached hydrogens (tertiary/aromatic N) is 2. The maximum atomic E-state index is 14.0. The smallest absolute Gasteiger partial charge is 0.270 e. The van der Waals surface area contributed by atoms with Crippen LogP contribution >= 0.6 is 11.3 Å². The Kier molecular flexibility index (Phi) is 4.93. The second-order valence-electron chi connectivity index (χ2n) is 8.95. The molecule has 166 valence electrons. The second-order valence-corrected chi connectivity index (χ2v) is 10.0. The number of nitrogens with one attached hydrogen (secondary N) is 2. The quantitative estimate of drug-likeness (QED) is 0.653.